The highest BCUT2D eigenvalue weighted by atomic mass is 32.2. The van der Waals surface area contributed by atoms with Gasteiger partial charge in [0.05, 0.1) is 25.0 Å². The molecule has 44 heavy (non-hydrogen) atoms. The lowest BCUT2D eigenvalue weighted by Crippen LogP contribution is -2.84. The number of hydrogen-bond donors (Lipinski definition) is 4. The van der Waals surface area contributed by atoms with Crippen molar-refractivity contribution in [2.45, 2.75) is 12.3 Å². The van der Waals surface area contributed by atoms with Gasteiger partial charge in [-0.05, 0) is 4.99 Å². The molecule has 6 aromatic heterocycles. The summed E-state index contributed by atoms with van der Waals surface area (Å²) in [5.41, 5.74) is 6.49. The van der Waals surface area contributed by atoms with Crippen LogP contribution in [0.5, 0.6) is 0 Å². The maximum atomic E-state index is 11.5. The monoisotopic (exact) mass is 606 g/mol. The predicted octanol–water partition coefficient (Wildman–Crippen LogP) is -4.27. The Bertz CT molecular complexity index is 3070. The van der Waals surface area contributed by atoms with Crippen molar-refractivity contribution in [1.29, 1.82) is 0 Å². The smallest absolute Gasteiger partial charge is 0.341 e. The van der Waals surface area contributed by atoms with E-state index in [1.807, 2.05) is 9.14 Å². The van der Waals surface area contributed by atoms with E-state index in [4.69, 9.17) is 20.0 Å². The molecule has 6 aliphatic rings. The molecule has 19 nitrogen and oxygen atoms in total. The molecule has 212 valence electrons. The Hall–Kier alpha value is -5.89. The van der Waals surface area contributed by atoms with Crippen LogP contribution >= 0.6 is 0 Å². The average molecular weight is 607 g/mol. The molecular formula is C24H14N16O3S+2. The molecule has 6 aromatic rings. The number of hydrogen-bond acceptors (Lipinski definition) is 10. The molecule has 20 heteroatoms. The summed E-state index contributed by atoms with van der Waals surface area (Å²) in [4.78, 5) is 49.0. The average Bonchev–Trinajstić information content (AvgIpc) is 3.82. The fraction of sp³-hybridized carbons (Fsp3) is 0.167. The number of H-pyrrole nitrogens is 2. The van der Waals surface area contributed by atoms with Gasteiger partial charge in [-0.2, -0.15) is 27.5 Å². The van der Waals surface area contributed by atoms with Crippen LogP contribution in [-0.2, 0) is 16.0 Å². The number of rotatable bonds is 4. The maximum Gasteiger partial charge on any atom is 0.398 e. The van der Waals surface area contributed by atoms with Gasteiger partial charge in [-0.25, -0.2) is 43.6 Å². The first-order chi connectivity index (χ1) is 21.4. The molecule has 12 heterocycles. The first-order valence-electron chi connectivity index (χ1n) is 13.6. The van der Waals surface area contributed by atoms with Crippen molar-refractivity contribution in [3.63, 3.8) is 0 Å². The highest BCUT2D eigenvalue weighted by Gasteiger charge is 2.63. The first kappa shape index (κ1) is 21.8. The van der Waals surface area contributed by atoms with Crippen LogP contribution in [0.25, 0.3) is 22.1 Å². The molecule has 4 N–H and O–H groups in total. The number of aromatic amines is 2. The van der Waals surface area contributed by atoms with Gasteiger partial charge in [-0.15, -0.1) is 0 Å². The molecule has 0 unspecified atom stereocenters. The third kappa shape index (κ3) is 2.03. The van der Waals surface area contributed by atoms with E-state index in [9.17, 15) is 13.0 Å². The summed E-state index contributed by atoms with van der Waals surface area (Å²) in [5, 5.41) is 1.30. The van der Waals surface area contributed by atoms with Crippen molar-refractivity contribution in [2.75, 3.05) is 12.3 Å². The third-order valence-corrected chi connectivity index (χ3v) is 9.85. The molecular weight excluding hydrogens is 592 g/mol. The summed E-state index contributed by atoms with van der Waals surface area (Å²) < 4.78 is 42.5. The van der Waals surface area contributed by atoms with Crippen LogP contribution in [0.3, 0.4) is 0 Å². The highest BCUT2D eigenvalue weighted by molar-refractivity contribution is 7.85. The number of fused-ring (bicyclic) bond motifs is 12. The molecule has 0 saturated heterocycles. The number of nitrogens with one attached hydrogen (secondary N) is 3. The van der Waals surface area contributed by atoms with Crippen molar-refractivity contribution >= 4 is 79.5 Å². The van der Waals surface area contributed by atoms with E-state index in [0.29, 0.717) is 78.4 Å². The Morgan fingerprint density at radius 3 is 2.59 bits per heavy atom. The minimum Gasteiger partial charge on any atom is -0.341 e. The zero-order valence-corrected chi connectivity index (χ0v) is 22.7. The van der Waals surface area contributed by atoms with Crippen molar-refractivity contribution in [1.82, 2.24) is 42.8 Å². The van der Waals surface area contributed by atoms with Gasteiger partial charge in [0.1, 0.15) is 22.9 Å². The molecule has 0 fully saturated rings. The molecule has 0 radical (unpaired) electrons. The summed E-state index contributed by atoms with van der Waals surface area (Å²) in [6.07, 6.45) is 6.61. The lowest BCUT2D eigenvalue weighted by atomic mass is 10.3. The molecule has 1 spiro atoms. The van der Waals surface area contributed by atoms with Crippen molar-refractivity contribution in [3.05, 3.63) is 45.3 Å². The molecule has 0 saturated carbocycles. The second kappa shape index (κ2) is 6.38. The summed E-state index contributed by atoms with van der Waals surface area (Å²) in [6, 6.07) is 0. The Morgan fingerprint density at radius 1 is 0.886 bits per heavy atom. The second-order valence-corrected chi connectivity index (χ2v) is 12.7. The van der Waals surface area contributed by atoms with Crippen LogP contribution in [0.15, 0.2) is 42.6 Å². The number of nitrogens with zero attached hydrogens (tertiary/aromatic N) is 13. The quantitative estimate of drug-likeness (QED) is 0.115. The van der Waals surface area contributed by atoms with Gasteiger partial charge in [0.2, 0.25) is 22.2 Å². The van der Waals surface area contributed by atoms with Crippen molar-refractivity contribution in [2.24, 2.45) is 30.0 Å². The minimum absolute atomic E-state index is 0.176. The summed E-state index contributed by atoms with van der Waals surface area (Å²) in [5.74, 6) is 0.814. The van der Waals surface area contributed by atoms with E-state index in [1.54, 1.807) is 19.0 Å². The van der Waals surface area contributed by atoms with Crippen LogP contribution in [0.2, 0.25) is 0 Å². The number of aliphatic imine (C=N–C) groups is 2. The van der Waals surface area contributed by atoms with E-state index in [0.717, 1.165) is 11.0 Å². The minimum atomic E-state index is -4.13. The summed E-state index contributed by atoms with van der Waals surface area (Å²) in [7, 11) is -4.13. The summed E-state index contributed by atoms with van der Waals surface area (Å²) >= 11 is 0. The molecule has 0 bridgehead atoms. The van der Waals surface area contributed by atoms with Crippen LogP contribution in [0.1, 0.15) is 6.42 Å². The molecule has 12 rings (SSSR count). The zero-order chi connectivity index (χ0) is 28.9. The highest BCUT2D eigenvalue weighted by Crippen LogP contribution is 2.48. The third-order valence-electron chi connectivity index (χ3n) is 9.05. The Kier molecular flexibility index (Phi) is 3.15. The topological polar surface area (TPSA) is 223 Å². The van der Waals surface area contributed by atoms with E-state index >= 15 is 0 Å². The fourth-order valence-electron chi connectivity index (χ4n) is 7.54. The molecule has 0 aliphatic carbocycles. The summed E-state index contributed by atoms with van der Waals surface area (Å²) in [6.45, 7) is 0.277. The number of imidazole rings is 2. The van der Waals surface area contributed by atoms with Crippen molar-refractivity contribution < 1.29 is 18.0 Å². The van der Waals surface area contributed by atoms with E-state index in [-0.39, 0.29) is 18.7 Å². The Labute approximate surface area is 240 Å². The van der Waals surface area contributed by atoms with Gasteiger partial charge in [0, 0.05) is 6.42 Å². The molecule has 0 aromatic carbocycles. The lowest BCUT2D eigenvalue weighted by molar-refractivity contribution is -0.426. The maximum absolute atomic E-state index is 11.5. The fourth-order valence-corrected chi connectivity index (χ4v) is 8.03. The van der Waals surface area contributed by atoms with E-state index in [1.165, 1.54) is 6.34 Å². The van der Waals surface area contributed by atoms with Crippen LogP contribution in [0.4, 0.5) is 34.6 Å². The van der Waals surface area contributed by atoms with E-state index in [2.05, 4.69) is 48.6 Å². The Balaban J connectivity index is 1.36. The second-order valence-electron chi connectivity index (χ2n) is 11.1. The van der Waals surface area contributed by atoms with Gasteiger partial charge in [0.25, 0.3) is 33.4 Å². The lowest BCUT2D eigenvalue weighted by Gasteiger charge is -2.40. The van der Waals surface area contributed by atoms with Gasteiger partial charge >= 0.3 is 5.91 Å². The normalized spacial score (nSPS) is 19.8. The van der Waals surface area contributed by atoms with Gasteiger partial charge in [-0.3, -0.25) is 4.55 Å². The van der Waals surface area contributed by atoms with Gasteiger partial charge in [0.15, 0.2) is 33.7 Å². The number of aromatic nitrogens is 8. The Morgan fingerprint density at radius 2 is 1.70 bits per heavy atom. The van der Waals surface area contributed by atoms with Crippen LogP contribution in [0, 0.1) is 0 Å². The molecule has 6 aliphatic heterocycles. The molecule has 0 amide bonds. The zero-order valence-electron chi connectivity index (χ0n) is 21.9. The first-order valence-corrected chi connectivity index (χ1v) is 15.2. The predicted molar refractivity (Wildman–Crippen MR) is 147 cm³/mol. The molecule has 1 atom stereocenters. The standard InChI is InChI=1S/C24H12N16O3S/c41-44(42,43)3-1-2-36-7-31-14-15(36)23-35-21-13-12(29-6-30-13)19-33-17-9-8(25-4-26-9)16-32-18-10-11(28-5-27-10)20-34-22(14)40(23)24(37(16)17,38(18)20)39(19)21/h4-7H,1-3H2,(H2,25,26,27,28,29,30,32,33,34,35,41,42,43)/p+2/t24-/m0/s1. The van der Waals surface area contributed by atoms with Crippen LogP contribution < -0.4 is 42.2 Å². The largest absolute Gasteiger partial charge is 0.398 e. The SMILES string of the molecule is O=S(=O)(O)CCC[N+]1=c2c(c3n4c2=Nc2c5nc[nH]c5c5n2[C@@]42n4c(c6c(c4=N5)=NC=N6)[NH+]=c4c5[nH]cnc5c(n42)=N3)N=C1. The van der Waals surface area contributed by atoms with Gasteiger partial charge in [-0.1, -0.05) is 0 Å². The van der Waals surface area contributed by atoms with Crippen LogP contribution in [-0.4, -0.2) is 76.1 Å². The van der Waals surface area contributed by atoms with Gasteiger partial charge < -0.3 is 9.97 Å². The van der Waals surface area contributed by atoms with E-state index < -0.39 is 16.0 Å². The van der Waals surface area contributed by atoms with Crippen molar-refractivity contribution in [3.8, 4) is 0 Å².